The van der Waals surface area contributed by atoms with Gasteiger partial charge in [-0.05, 0) is 79.4 Å². The van der Waals surface area contributed by atoms with Crippen LogP contribution in [0.1, 0.15) is 16.7 Å². The van der Waals surface area contributed by atoms with E-state index in [1.54, 1.807) is 43.6 Å². The van der Waals surface area contributed by atoms with Crippen molar-refractivity contribution in [3.8, 4) is 51.2 Å². The van der Waals surface area contributed by atoms with Gasteiger partial charge in [-0.25, -0.2) is 4.72 Å². The highest BCUT2D eigenvalue weighted by atomic mass is 32.2. The second kappa shape index (κ2) is 14.2. The van der Waals surface area contributed by atoms with Crippen molar-refractivity contribution in [3.05, 3.63) is 87.8 Å². The van der Waals surface area contributed by atoms with Crippen molar-refractivity contribution < 1.29 is 37.2 Å². The first kappa shape index (κ1) is 32.8. The van der Waals surface area contributed by atoms with Crippen LogP contribution >= 0.6 is 0 Å². The van der Waals surface area contributed by atoms with Crippen LogP contribution in [0.2, 0.25) is 0 Å². The molecule has 0 aliphatic carbocycles. The van der Waals surface area contributed by atoms with Gasteiger partial charge >= 0.3 is 0 Å². The monoisotopic (exact) mass is 647 g/mol. The number of furan rings is 1. The SMILES string of the molecule is COc1cccc(OC)c1Oc1ccc(CCNS(=O)[O-])cc1-c1cn(C)c(=O)c2cc(-c3cc(C)c(OCCO)c(C)c3)oc12. The summed E-state index contributed by atoms with van der Waals surface area (Å²) < 4.78 is 55.8. The molecule has 12 heteroatoms. The standard InChI is InChI=1S/C34H36N2O9S/c1-20-15-23(16-21(2)31(20)43-14-13-37)30-18-25-32(45-30)26(19-36(3)34(25)38)24-17-22(11-12-35-46(39)40)9-10-27(24)44-33-28(41-4)7-6-8-29(33)42-5/h6-10,15-19,35,37H,11-14H2,1-5H3,(H,39,40)/p-1. The van der Waals surface area contributed by atoms with E-state index in [4.69, 9.17) is 23.4 Å². The number of hydrogen-bond donors (Lipinski definition) is 2. The molecular weight excluding hydrogens is 612 g/mol. The van der Waals surface area contributed by atoms with Crippen molar-refractivity contribution in [1.82, 2.24) is 9.29 Å². The van der Waals surface area contributed by atoms with E-state index in [9.17, 15) is 18.7 Å². The maximum atomic E-state index is 13.4. The van der Waals surface area contributed by atoms with Crippen molar-refractivity contribution in [2.75, 3.05) is 34.0 Å². The third-order valence-corrected chi connectivity index (χ3v) is 7.93. The van der Waals surface area contributed by atoms with Crippen molar-refractivity contribution in [2.24, 2.45) is 7.05 Å². The molecule has 2 N–H and O–H groups in total. The first-order valence-corrected chi connectivity index (χ1v) is 15.6. The average Bonchev–Trinajstić information content (AvgIpc) is 3.49. The predicted octanol–water partition coefficient (Wildman–Crippen LogP) is 5.19. The number of nitrogens with zero attached hydrogens (tertiary/aromatic N) is 1. The number of fused-ring (bicyclic) bond motifs is 1. The maximum absolute atomic E-state index is 13.4. The third-order valence-electron chi connectivity index (χ3n) is 7.50. The topological polar surface area (TPSA) is 144 Å². The van der Waals surface area contributed by atoms with Crippen LogP contribution in [0, 0.1) is 13.8 Å². The second-order valence-corrected chi connectivity index (χ2v) is 11.4. The zero-order valence-corrected chi connectivity index (χ0v) is 27.0. The number of ether oxygens (including phenoxy) is 4. The lowest BCUT2D eigenvalue weighted by Gasteiger charge is -2.18. The van der Waals surface area contributed by atoms with E-state index in [-0.39, 0.29) is 25.3 Å². The van der Waals surface area contributed by atoms with Crippen molar-refractivity contribution in [1.29, 1.82) is 0 Å². The molecule has 5 rings (SSSR count). The molecule has 11 nitrogen and oxygen atoms in total. The largest absolute Gasteiger partial charge is 0.760 e. The maximum Gasteiger partial charge on any atom is 0.261 e. The molecule has 1 atom stereocenters. The minimum absolute atomic E-state index is 0.0956. The van der Waals surface area contributed by atoms with Crippen LogP contribution < -0.4 is 29.2 Å². The molecule has 0 saturated heterocycles. The van der Waals surface area contributed by atoms with Gasteiger partial charge in [0.2, 0.25) is 5.75 Å². The minimum Gasteiger partial charge on any atom is -0.760 e. The van der Waals surface area contributed by atoms with E-state index in [2.05, 4.69) is 4.72 Å². The molecule has 0 fully saturated rings. The van der Waals surface area contributed by atoms with E-state index in [1.165, 1.54) is 18.8 Å². The molecule has 5 aromatic rings. The van der Waals surface area contributed by atoms with Gasteiger partial charge in [0.05, 0.1) is 26.2 Å². The van der Waals surface area contributed by atoms with E-state index in [0.29, 0.717) is 63.0 Å². The van der Waals surface area contributed by atoms with Gasteiger partial charge < -0.3 is 37.6 Å². The van der Waals surface area contributed by atoms with Gasteiger partial charge in [-0.1, -0.05) is 12.1 Å². The normalized spacial score (nSPS) is 11.9. The molecule has 2 aromatic heterocycles. The van der Waals surface area contributed by atoms with E-state index >= 15 is 0 Å². The van der Waals surface area contributed by atoms with Gasteiger partial charge in [-0.2, -0.15) is 0 Å². The fraction of sp³-hybridized carbons (Fsp3) is 0.265. The molecule has 0 spiro atoms. The number of aryl methyl sites for hydroxylation is 3. The minimum atomic E-state index is -2.39. The fourth-order valence-corrected chi connectivity index (χ4v) is 5.66. The second-order valence-electron chi connectivity index (χ2n) is 10.6. The molecule has 1 unspecified atom stereocenters. The van der Waals surface area contributed by atoms with Gasteiger partial charge in [0.15, 0.2) is 11.5 Å². The summed E-state index contributed by atoms with van der Waals surface area (Å²) in [6.45, 7) is 4.10. The Morgan fingerprint density at radius 1 is 0.957 bits per heavy atom. The van der Waals surface area contributed by atoms with Crippen LogP contribution in [0.25, 0.3) is 33.4 Å². The summed E-state index contributed by atoms with van der Waals surface area (Å²) in [4.78, 5) is 13.4. The smallest absolute Gasteiger partial charge is 0.261 e. The molecule has 242 valence electrons. The van der Waals surface area contributed by atoms with Crippen molar-refractivity contribution >= 4 is 22.2 Å². The number of rotatable bonds is 13. The van der Waals surface area contributed by atoms with E-state index in [0.717, 1.165) is 22.3 Å². The molecule has 0 aliphatic heterocycles. The number of hydrogen-bond acceptors (Lipinski definition) is 9. The Morgan fingerprint density at radius 2 is 1.65 bits per heavy atom. The van der Waals surface area contributed by atoms with Gasteiger partial charge in [-0.15, -0.1) is 0 Å². The third kappa shape index (κ3) is 6.80. The Bertz CT molecular complexity index is 1920. The summed E-state index contributed by atoms with van der Waals surface area (Å²) in [5, 5.41) is 9.58. The highest BCUT2D eigenvalue weighted by Gasteiger charge is 2.22. The van der Waals surface area contributed by atoms with E-state index < -0.39 is 11.3 Å². The lowest BCUT2D eigenvalue weighted by atomic mass is 10.00. The van der Waals surface area contributed by atoms with Crippen LogP contribution in [0.3, 0.4) is 0 Å². The van der Waals surface area contributed by atoms with Gasteiger partial charge in [-0.3, -0.25) is 9.00 Å². The zero-order chi connectivity index (χ0) is 33.0. The average molecular weight is 648 g/mol. The number of para-hydroxylation sites is 1. The Labute approximate surface area is 268 Å². The number of aromatic nitrogens is 1. The molecule has 0 bridgehead atoms. The zero-order valence-electron chi connectivity index (χ0n) is 26.2. The summed E-state index contributed by atoms with van der Waals surface area (Å²) in [6, 6.07) is 16.4. The molecule has 0 aliphatic rings. The molecule has 0 amide bonds. The summed E-state index contributed by atoms with van der Waals surface area (Å²) in [5.74, 6) is 2.89. The van der Waals surface area contributed by atoms with Crippen LogP contribution in [0.4, 0.5) is 0 Å². The lowest BCUT2D eigenvalue weighted by Crippen LogP contribution is -2.19. The number of pyridine rings is 1. The van der Waals surface area contributed by atoms with Crippen LogP contribution in [0.5, 0.6) is 28.7 Å². The highest BCUT2D eigenvalue weighted by molar-refractivity contribution is 7.77. The Kier molecular flexibility index (Phi) is 10.1. The van der Waals surface area contributed by atoms with Gasteiger partial charge in [0, 0.05) is 47.7 Å². The fourth-order valence-electron chi connectivity index (χ4n) is 5.39. The molecule has 2 heterocycles. The molecular formula is C34H35N2O9S-. The quantitative estimate of drug-likeness (QED) is 0.165. The summed E-state index contributed by atoms with van der Waals surface area (Å²) in [7, 11) is 4.74. The van der Waals surface area contributed by atoms with E-state index in [1.807, 2.05) is 38.1 Å². The number of aliphatic hydroxyl groups excluding tert-OH is 1. The summed E-state index contributed by atoms with van der Waals surface area (Å²) >= 11 is -2.39. The predicted molar refractivity (Wildman–Crippen MR) is 175 cm³/mol. The highest BCUT2D eigenvalue weighted by Crippen LogP contribution is 2.45. The number of nitrogens with one attached hydrogen (secondary N) is 1. The number of aliphatic hydroxyl groups is 1. The molecule has 3 aromatic carbocycles. The Hall–Kier alpha value is -4.62. The van der Waals surface area contributed by atoms with Gasteiger partial charge in [0.1, 0.15) is 29.4 Å². The molecule has 0 saturated carbocycles. The first-order valence-electron chi connectivity index (χ1n) is 14.5. The number of benzene rings is 3. The van der Waals surface area contributed by atoms with Crippen LogP contribution in [0.15, 0.2) is 70.0 Å². The van der Waals surface area contributed by atoms with Crippen LogP contribution in [-0.2, 0) is 24.7 Å². The van der Waals surface area contributed by atoms with Crippen LogP contribution in [-0.4, -0.2) is 52.4 Å². The van der Waals surface area contributed by atoms with Crippen molar-refractivity contribution in [3.63, 3.8) is 0 Å². The Balaban J connectivity index is 1.69. The Morgan fingerprint density at radius 3 is 2.28 bits per heavy atom. The van der Waals surface area contributed by atoms with Gasteiger partial charge in [0.25, 0.3) is 5.56 Å². The summed E-state index contributed by atoms with van der Waals surface area (Å²) in [5.41, 5.74) is 4.62. The summed E-state index contributed by atoms with van der Waals surface area (Å²) in [6.07, 6.45) is 2.09. The lowest BCUT2D eigenvalue weighted by molar-refractivity contribution is 0.200. The molecule has 0 radical (unpaired) electrons. The number of methoxy groups -OCH3 is 2. The van der Waals surface area contributed by atoms with Crippen molar-refractivity contribution in [2.45, 2.75) is 20.3 Å². The molecule has 46 heavy (non-hydrogen) atoms. The first-order chi connectivity index (χ1) is 22.1.